The molecule has 0 amide bonds. The molecule has 0 unspecified atom stereocenters. The summed E-state index contributed by atoms with van der Waals surface area (Å²) in [5, 5.41) is 8.36. The first-order valence-corrected chi connectivity index (χ1v) is 7.82. The highest BCUT2D eigenvalue weighted by atomic mass is 32.2. The van der Waals surface area contributed by atoms with Crippen LogP contribution in [0.25, 0.3) is 0 Å². The SMILES string of the molecule is CCn1nc(C)c(S(=O)(=O)Nc2cc(C)nn2C)c1C. The summed E-state index contributed by atoms with van der Waals surface area (Å²) in [6.07, 6.45) is 0. The van der Waals surface area contributed by atoms with Gasteiger partial charge in [-0.1, -0.05) is 0 Å². The van der Waals surface area contributed by atoms with E-state index in [2.05, 4.69) is 14.9 Å². The highest BCUT2D eigenvalue weighted by Gasteiger charge is 2.25. The van der Waals surface area contributed by atoms with Crippen LogP contribution >= 0.6 is 0 Å². The zero-order chi connectivity index (χ0) is 15.1. The van der Waals surface area contributed by atoms with Crippen LogP contribution in [0.5, 0.6) is 0 Å². The first-order valence-electron chi connectivity index (χ1n) is 6.33. The van der Waals surface area contributed by atoms with Gasteiger partial charge in [0.2, 0.25) is 0 Å². The third-order valence-electron chi connectivity index (χ3n) is 3.12. The molecule has 0 saturated heterocycles. The molecule has 2 heterocycles. The average molecular weight is 297 g/mol. The lowest BCUT2D eigenvalue weighted by Crippen LogP contribution is -2.17. The van der Waals surface area contributed by atoms with E-state index in [0.717, 1.165) is 5.69 Å². The Hall–Kier alpha value is -1.83. The van der Waals surface area contributed by atoms with Crippen molar-refractivity contribution in [2.75, 3.05) is 4.72 Å². The normalized spacial score (nSPS) is 11.8. The monoisotopic (exact) mass is 297 g/mol. The molecule has 110 valence electrons. The number of aromatic nitrogens is 4. The Balaban J connectivity index is 2.46. The van der Waals surface area contributed by atoms with Crippen molar-refractivity contribution >= 4 is 15.8 Å². The van der Waals surface area contributed by atoms with E-state index in [0.29, 0.717) is 23.8 Å². The molecule has 0 aliphatic rings. The van der Waals surface area contributed by atoms with Gasteiger partial charge in [-0.15, -0.1) is 0 Å². The molecule has 0 atom stereocenters. The molecule has 2 rings (SSSR count). The Morgan fingerprint density at radius 1 is 1.25 bits per heavy atom. The van der Waals surface area contributed by atoms with Crippen LogP contribution in [0.1, 0.15) is 24.0 Å². The van der Waals surface area contributed by atoms with Crippen LogP contribution in [0.2, 0.25) is 0 Å². The molecule has 0 aliphatic heterocycles. The summed E-state index contributed by atoms with van der Waals surface area (Å²) >= 11 is 0. The molecule has 0 fully saturated rings. The molecule has 1 N–H and O–H groups in total. The van der Waals surface area contributed by atoms with Crippen LogP contribution in [0, 0.1) is 20.8 Å². The Labute approximate surface area is 118 Å². The maximum absolute atomic E-state index is 12.5. The van der Waals surface area contributed by atoms with Crippen LogP contribution in [0.15, 0.2) is 11.0 Å². The molecular weight excluding hydrogens is 278 g/mol. The number of hydrogen-bond acceptors (Lipinski definition) is 4. The summed E-state index contributed by atoms with van der Waals surface area (Å²) in [4.78, 5) is 0.234. The van der Waals surface area contributed by atoms with Crippen molar-refractivity contribution in [3.8, 4) is 0 Å². The molecule has 0 saturated carbocycles. The fourth-order valence-corrected chi connectivity index (χ4v) is 3.76. The van der Waals surface area contributed by atoms with E-state index in [1.54, 1.807) is 31.6 Å². The molecule has 0 radical (unpaired) electrons. The zero-order valence-corrected chi connectivity index (χ0v) is 13.1. The minimum atomic E-state index is -3.67. The van der Waals surface area contributed by atoms with Gasteiger partial charge in [-0.05, 0) is 27.7 Å². The number of nitrogens with zero attached hydrogens (tertiary/aromatic N) is 4. The van der Waals surface area contributed by atoms with Crippen LogP contribution < -0.4 is 4.72 Å². The number of hydrogen-bond donors (Lipinski definition) is 1. The first kappa shape index (κ1) is 14.6. The largest absolute Gasteiger partial charge is 0.268 e. The molecular formula is C12H19N5O2S. The minimum absolute atomic E-state index is 0.234. The van der Waals surface area contributed by atoms with Gasteiger partial charge in [-0.3, -0.25) is 14.1 Å². The van der Waals surface area contributed by atoms with Crippen molar-refractivity contribution in [3.63, 3.8) is 0 Å². The van der Waals surface area contributed by atoms with Crippen molar-refractivity contribution in [2.45, 2.75) is 39.1 Å². The van der Waals surface area contributed by atoms with Gasteiger partial charge in [0.25, 0.3) is 10.0 Å². The maximum atomic E-state index is 12.5. The number of sulfonamides is 1. The molecule has 2 aromatic heterocycles. The van der Waals surface area contributed by atoms with Gasteiger partial charge >= 0.3 is 0 Å². The van der Waals surface area contributed by atoms with Crippen molar-refractivity contribution < 1.29 is 8.42 Å². The van der Waals surface area contributed by atoms with Gasteiger partial charge in [-0.2, -0.15) is 10.2 Å². The zero-order valence-electron chi connectivity index (χ0n) is 12.3. The Morgan fingerprint density at radius 3 is 2.35 bits per heavy atom. The second-order valence-electron chi connectivity index (χ2n) is 4.72. The predicted octanol–water partition coefficient (Wildman–Crippen LogP) is 1.36. The number of aryl methyl sites for hydroxylation is 4. The van der Waals surface area contributed by atoms with E-state index >= 15 is 0 Å². The topological polar surface area (TPSA) is 81.8 Å². The van der Waals surface area contributed by atoms with E-state index in [-0.39, 0.29) is 4.90 Å². The molecule has 8 heteroatoms. The van der Waals surface area contributed by atoms with E-state index < -0.39 is 10.0 Å². The number of anilines is 1. The smallest absolute Gasteiger partial charge is 0.266 e. The Bertz CT molecular complexity index is 742. The highest BCUT2D eigenvalue weighted by Crippen LogP contribution is 2.22. The van der Waals surface area contributed by atoms with Gasteiger partial charge < -0.3 is 0 Å². The van der Waals surface area contributed by atoms with Gasteiger partial charge in [0.05, 0.1) is 17.1 Å². The van der Waals surface area contributed by atoms with Crippen molar-refractivity contribution in [2.24, 2.45) is 7.05 Å². The lowest BCUT2D eigenvalue weighted by molar-refractivity contribution is 0.597. The summed E-state index contributed by atoms with van der Waals surface area (Å²) in [7, 11) is -1.97. The summed E-state index contributed by atoms with van der Waals surface area (Å²) in [6.45, 7) is 7.82. The molecule has 0 aliphatic carbocycles. The fraction of sp³-hybridized carbons (Fsp3) is 0.500. The summed E-state index contributed by atoms with van der Waals surface area (Å²) < 4.78 is 30.8. The first-order chi connectivity index (χ1) is 9.26. The molecule has 2 aromatic rings. The van der Waals surface area contributed by atoms with E-state index in [1.165, 1.54) is 4.68 Å². The van der Waals surface area contributed by atoms with Crippen molar-refractivity contribution in [1.82, 2.24) is 19.6 Å². The third kappa shape index (κ3) is 2.43. The van der Waals surface area contributed by atoms with E-state index in [4.69, 9.17) is 0 Å². The van der Waals surface area contributed by atoms with Gasteiger partial charge in [0.1, 0.15) is 10.7 Å². The number of rotatable bonds is 4. The second-order valence-corrected chi connectivity index (χ2v) is 6.34. The highest BCUT2D eigenvalue weighted by molar-refractivity contribution is 7.92. The Kier molecular flexibility index (Phi) is 3.59. The standard InChI is InChI=1S/C12H19N5O2S/c1-6-17-10(4)12(9(3)14-17)20(18,19)15-11-7-8(2)13-16(11)5/h7,15H,6H2,1-5H3. The van der Waals surface area contributed by atoms with Crippen molar-refractivity contribution in [3.05, 3.63) is 23.1 Å². The molecule has 0 spiro atoms. The Morgan fingerprint density at radius 2 is 1.90 bits per heavy atom. The van der Waals surface area contributed by atoms with Gasteiger partial charge in [-0.25, -0.2) is 8.42 Å². The predicted molar refractivity (Wildman–Crippen MR) is 76.1 cm³/mol. The molecule has 0 bridgehead atoms. The van der Waals surface area contributed by atoms with Crippen molar-refractivity contribution in [1.29, 1.82) is 0 Å². The second kappa shape index (κ2) is 4.93. The summed E-state index contributed by atoms with van der Waals surface area (Å²) in [5.41, 5.74) is 1.88. The lowest BCUT2D eigenvalue weighted by Gasteiger charge is -2.08. The van der Waals surface area contributed by atoms with Crippen LogP contribution in [0.3, 0.4) is 0 Å². The van der Waals surface area contributed by atoms with Crippen LogP contribution in [0.4, 0.5) is 5.82 Å². The van der Waals surface area contributed by atoms with Crippen LogP contribution in [-0.2, 0) is 23.6 Å². The van der Waals surface area contributed by atoms with Gasteiger partial charge in [0, 0.05) is 19.7 Å². The minimum Gasteiger partial charge on any atom is -0.268 e. The summed E-state index contributed by atoms with van der Waals surface area (Å²) in [6, 6.07) is 1.69. The van der Waals surface area contributed by atoms with E-state index in [1.807, 2.05) is 13.8 Å². The van der Waals surface area contributed by atoms with Gasteiger partial charge in [0.15, 0.2) is 0 Å². The third-order valence-corrected chi connectivity index (χ3v) is 4.73. The average Bonchev–Trinajstić information content (AvgIpc) is 2.78. The number of nitrogens with one attached hydrogen (secondary N) is 1. The molecule has 0 aromatic carbocycles. The maximum Gasteiger partial charge on any atom is 0.266 e. The quantitative estimate of drug-likeness (QED) is 0.924. The van der Waals surface area contributed by atoms with E-state index in [9.17, 15) is 8.42 Å². The molecule has 7 nitrogen and oxygen atoms in total. The molecule has 20 heavy (non-hydrogen) atoms. The summed E-state index contributed by atoms with van der Waals surface area (Å²) in [5.74, 6) is 0.436. The van der Waals surface area contributed by atoms with Crippen LogP contribution in [-0.4, -0.2) is 28.0 Å². The fourth-order valence-electron chi connectivity index (χ4n) is 2.27. The lowest BCUT2D eigenvalue weighted by atomic mass is 10.4.